The van der Waals surface area contributed by atoms with E-state index in [9.17, 15) is 4.79 Å². The van der Waals surface area contributed by atoms with Crippen molar-refractivity contribution in [3.8, 4) is 16.8 Å². The Morgan fingerprint density at radius 2 is 1.92 bits per heavy atom. The van der Waals surface area contributed by atoms with Crippen LogP contribution in [-0.4, -0.2) is 29.7 Å². The van der Waals surface area contributed by atoms with Crippen LogP contribution in [0.1, 0.15) is 18.7 Å². The summed E-state index contributed by atoms with van der Waals surface area (Å²) in [4.78, 5) is 36.6. The van der Waals surface area contributed by atoms with Crippen molar-refractivity contribution in [1.82, 2.24) is 24.5 Å². The lowest BCUT2D eigenvalue weighted by Crippen LogP contribution is -2.26. The van der Waals surface area contributed by atoms with Gasteiger partial charge in [0.1, 0.15) is 16.7 Å². The number of pyridine rings is 2. The van der Waals surface area contributed by atoms with Crippen LogP contribution in [0.3, 0.4) is 0 Å². The number of aromatic nitrogens is 5. The Kier molecular flexibility index (Phi) is 6.27. The summed E-state index contributed by atoms with van der Waals surface area (Å²) < 4.78 is 1.75. The van der Waals surface area contributed by atoms with Gasteiger partial charge in [0.15, 0.2) is 5.82 Å². The van der Waals surface area contributed by atoms with Crippen molar-refractivity contribution < 1.29 is 0 Å². The minimum Gasteiger partial charge on any atom is -0.360 e. The van der Waals surface area contributed by atoms with Crippen LogP contribution in [0.4, 0.5) is 11.5 Å². The highest BCUT2D eigenvalue weighted by molar-refractivity contribution is 7.78. The number of thiocarbonyl (C=S) groups is 1. The molecule has 184 valence electrons. The van der Waals surface area contributed by atoms with Gasteiger partial charge in [-0.1, -0.05) is 36.4 Å². The average molecular weight is 534 g/mol. The third kappa shape index (κ3) is 4.26. The third-order valence-electron chi connectivity index (χ3n) is 6.23. The molecule has 1 atom stereocenters. The Morgan fingerprint density at radius 1 is 1.05 bits per heavy atom. The maximum absolute atomic E-state index is 14.3. The molecule has 0 bridgehead atoms. The largest absolute Gasteiger partial charge is 0.360 e. The molecule has 4 aromatic heterocycles. The van der Waals surface area contributed by atoms with Crippen LogP contribution in [-0.2, 0) is 0 Å². The molecule has 10 heteroatoms. The number of para-hydroxylation sites is 1. The Morgan fingerprint density at radius 3 is 2.76 bits per heavy atom. The molecule has 38 heavy (non-hydrogen) atoms. The number of hydrogen-bond donors (Lipinski definition) is 1. The molecule has 0 saturated heterocycles. The molecule has 6 aromatic rings. The van der Waals surface area contributed by atoms with Crippen LogP contribution < -0.4 is 10.9 Å². The SMILES string of the molecule is CC(Nc1ncnc2scnc12)c1cc2cccc(-c3cncc(N=C=S)c3)c2c(=O)n1-c1ccccc1. The number of thiazole rings is 1. The summed E-state index contributed by atoms with van der Waals surface area (Å²) >= 11 is 6.21. The zero-order valence-electron chi connectivity index (χ0n) is 20.1. The van der Waals surface area contributed by atoms with Crippen LogP contribution in [0.2, 0.25) is 0 Å². The first-order chi connectivity index (χ1) is 18.6. The van der Waals surface area contributed by atoms with Crippen molar-refractivity contribution in [3.63, 3.8) is 0 Å². The molecular formula is C28H19N7OS2. The van der Waals surface area contributed by atoms with Gasteiger partial charge in [-0.05, 0) is 54.4 Å². The molecule has 4 heterocycles. The topological polar surface area (TPSA) is 98.0 Å². The maximum Gasteiger partial charge on any atom is 0.263 e. The fourth-order valence-corrected chi connectivity index (χ4v) is 5.28. The number of nitrogens with zero attached hydrogens (tertiary/aromatic N) is 6. The second-order valence-corrected chi connectivity index (χ2v) is 9.56. The minimum absolute atomic E-state index is 0.141. The minimum atomic E-state index is -0.280. The lowest BCUT2D eigenvalue weighted by molar-refractivity contribution is 0.774. The highest BCUT2D eigenvalue weighted by atomic mass is 32.1. The van der Waals surface area contributed by atoms with Crippen LogP contribution in [0, 0.1) is 0 Å². The fraction of sp³-hybridized carbons (Fsp3) is 0.0714. The highest BCUT2D eigenvalue weighted by Gasteiger charge is 2.20. The normalized spacial score (nSPS) is 11.8. The van der Waals surface area contributed by atoms with Gasteiger partial charge in [0, 0.05) is 23.1 Å². The molecular weight excluding hydrogens is 514 g/mol. The number of nitrogens with one attached hydrogen (secondary N) is 1. The van der Waals surface area contributed by atoms with Crippen molar-refractivity contribution in [2.75, 3.05) is 5.32 Å². The summed E-state index contributed by atoms with van der Waals surface area (Å²) in [6.07, 6.45) is 4.84. The first kappa shape index (κ1) is 23.7. The van der Waals surface area contributed by atoms with Gasteiger partial charge in [-0.2, -0.15) is 4.99 Å². The lowest BCUT2D eigenvalue weighted by Gasteiger charge is -2.22. The number of anilines is 1. The smallest absolute Gasteiger partial charge is 0.263 e. The molecule has 0 fully saturated rings. The zero-order valence-corrected chi connectivity index (χ0v) is 21.7. The molecule has 2 aromatic carbocycles. The van der Waals surface area contributed by atoms with E-state index in [2.05, 4.69) is 35.4 Å². The van der Waals surface area contributed by atoms with Crippen molar-refractivity contribution in [2.24, 2.45) is 4.99 Å². The number of benzene rings is 2. The predicted octanol–water partition coefficient (Wildman–Crippen LogP) is 6.36. The van der Waals surface area contributed by atoms with Gasteiger partial charge in [-0.25, -0.2) is 15.0 Å². The Labute approximate surface area is 226 Å². The molecule has 0 saturated carbocycles. The van der Waals surface area contributed by atoms with Gasteiger partial charge >= 0.3 is 0 Å². The summed E-state index contributed by atoms with van der Waals surface area (Å²) in [7, 11) is 0. The van der Waals surface area contributed by atoms with E-state index in [4.69, 9.17) is 12.2 Å². The third-order valence-corrected chi connectivity index (χ3v) is 7.06. The molecule has 0 aliphatic carbocycles. The number of rotatable bonds is 6. The van der Waals surface area contributed by atoms with E-state index in [1.807, 2.05) is 67.6 Å². The van der Waals surface area contributed by atoms with Crippen LogP contribution in [0.5, 0.6) is 0 Å². The zero-order chi connectivity index (χ0) is 26.1. The molecule has 1 N–H and O–H groups in total. The van der Waals surface area contributed by atoms with E-state index in [1.54, 1.807) is 22.5 Å². The van der Waals surface area contributed by atoms with E-state index in [-0.39, 0.29) is 11.6 Å². The molecule has 0 aliphatic heterocycles. The molecule has 0 aliphatic rings. The fourth-order valence-electron chi connectivity index (χ4n) is 4.55. The quantitative estimate of drug-likeness (QED) is 0.196. The number of fused-ring (bicyclic) bond motifs is 2. The first-order valence-electron chi connectivity index (χ1n) is 11.7. The van der Waals surface area contributed by atoms with E-state index in [0.717, 1.165) is 32.7 Å². The summed E-state index contributed by atoms with van der Waals surface area (Å²) in [5.74, 6) is 0.617. The van der Waals surface area contributed by atoms with Crippen molar-refractivity contribution in [2.45, 2.75) is 13.0 Å². The highest BCUT2D eigenvalue weighted by Crippen LogP contribution is 2.32. The second-order valence-electron chi connectivity index (χ2n) is 8.54. The Bertz CT molecular complexity index is 1910. The number of isothiocyanates is 1. The molecule has 1 unspecified atom stereocenters. The first-order valence-corrected chi connectivity index (χ1v) is 13.0. The van der Waals surface area contributed by atoms with Crippen molar-refractivity contribution >= 4 is 61.3 Å². The summed E-state index contributed by atoms with van der Waals surface area (Å²) in [5.41, 5.74) is 5.95. The molecule has 0 spiro atoms. The van der Waals surface area contributed by atoms with Gasteiger partial charge in [0.25, 0.3) is 5.56 Å². The standard InChI is InChI=1S/C28H19N7OS2/c1-17(34-26-25-27(31-14-30-26)38-16-33-25)23-11-18-6-5-9-22(19-10-20(32-15-37)13-29-12-19)24(18)28(36)35(23)21-7-3-2-4-8-21/h2-14,16-17H,1H3,(H,30,31,34). The van der Waals surface area contributed by atoms with Gasteiger partial charge in [-0.3, -0.25) is 14.3 Å². The lowest BCUT2D eigenvalue weighted by atomic mass is 9.98. The van der Waals surface area contributed by atoms with Crippen molar-refractivity contribution in [1.29, 1.82) is 0 Å². The van der Waals surface area contributed by atoms with E-state index in [0.29, 0.717) is 22.4 Å². The molecule has 8 nitrogen and oxygen atoms in total. The molecule has 0 radical (unpaired) electrons. The maximum atomic E-state index is 14.3. The van der Waals surface area contributed by atoms with Gasteiger partial charge in [0.05, 0.1) is 34.0 Å². The van der Waals surface area contributed by atoms with Gasteiger partial charge < -0.3 is 5.32 Å². The molecule has 0 amide bonds. The van der Waals surface area contributed by atoms with Gasteiger partial charge in [-0.15, -0.1) is 11.3 Å². The summed E-state index contributed by atoms with van der Waals surface area (Å²) in [6.45, 7) is 2.00. The second kappa shape index (κ2) is 10.0. The van der Waals surface area contributed by atoms with Crippen LogP contribution in [0.15, 0.2) is 94.7 Å². The monoisotopic (exact) mass is 533 g/mol. The average Bonchev–Trinajstić information content (AvgIpc) is 3.43. The van der Waals surface area contributed by atoms with E-state index in [1.165, 1.54) is 17.7 Å². The van der Waals surface area contributed by atoms with Crippen LogP contribution in [0.25, 0.3) is 37.9 Å². The Hall–Kier alpha value is -4.63. The van der Waals surface area contributed by atoms with Crippen LogP contribution >= 0.6 is 23.6 Å². The summed E-state index contributed by atoms with van der Waals surface area (Å²) in [6, 6.07) is 19.0. The number of aliphatic imine (C=N–C) groups is 1. The van der Waals surface area contributed by atoms with E-state index < -0.39 is 0 Å². The van der Waals surface area contributed by atoms with E-state index >= 15 is 0 Å². The molecule has 6 rings (SSSR count). The Balaban J connectivity index is 1.57. The van der Waals surface area contributed by atoms with Gasteiger partial charge in [0.2, 0.25) is 0 Å². The van der Waals surface area contributed by atoms with Crippen molar-refractivity contribution in [3.05, 3.63) is 101 Å². The number of hydrogen-bond acceptors (Lipinski definition) is 9. The predicted molar refractivity (Wildman–Crippen MR) is 155 cm³/mol. The summed E-state index contributed by atoms with van der Waals surface area (Å²) in [5, 5.41) is 7.22.